The van der Waals surface area contributed by atoms with Crippen molar-refractivity contribution in [2.24, 2.45) is 0 Å². The summed E-state index contributed by atoms with van der Waals surface area (Å²) in [5.74, 6) is 0.459. The Morgan fingerprint density at radius 3 is 2.88 bits per heavy atom. The Labute approximate surface area is 152 Å². The number of benzene rings is 1. The summed E-state index contributed by atoms with van der Waals surface area (Å²) in [6, 6.07) is 6.27. The van der Waals surface area contributed by atoms with Gasteiger partial charge in [0.05, 0.1) is 18.8 Å². The highest BCUT2D eigenvalue weighted by molar-refractivity contribution is 5.74. The molecule has 6 nitrogen and oxygen atoms in total. The Kier molecular flexibility index (Phi) is 5.56. The number of hydrogen-bond donors (Lipinski definition) is 1. The number of carbonyl (C=O) groups excluding carboxylic acids is 1. The summed E-state index contributed by atoms with van der Waals surface area (Å²) < 4.78 is 24.8. The molecule has 0 aliphatic carbocycles. The summed E-state index contributed by atoms with van der Waals surface area (Å²) in [7, 11) is 0. The first kappa shape index (κ1) is 18.4. The zero-order valence-electron chi connectivity index (χ0n) is 15.3. The molecule has 2 amide bonds. The molecule has 1 aromatic heterocycles. The van der Waals surface area contributed by atoms with E-state index in [1.807, 2.05) is 20.8 Å². The second kappa shape index (κ2) is 7.86. The lowest BCUT2D eigenvalue weighted by atomic mass is 10.1. The lowest BCUT2D eigenvalue weighted by Gasteiger charge is -2.34. The minimum absolute atomic E-state index is 0.0749. The van der Waals surface area contributed by atoms with Gasteiger partial charge in [-0.25, -0.2) is 9.18 Å². The van der Waals surface area contributed by atoms with Gasteiger partial charge in [0.15, 0.2) is 0 Å². The van der Waals surface area contributed by atoms with Crippen molar-refractivity contribution >= 4 is 6.03 Å². The van der Waals surface area contributed by atoms with Crippen LogP contribution in [0.2, 0.25) is 0 Å². The molecule has 2 heterocycles. The van der Waals surface area contributed by atoms with Gasteiger partial charge in [-0.15, -0.1) is 0 Å². The van der Waals surface area contributed by atoms with Gasteiger partial charge in [0.25, 0.3) is 0 Å². The summed E-state index contributed by atoms with van der Waals surface area (Å²) in [4.78, 5) is 14.3. The van der Waals surface area contributed by atoms with Crippen LogP contribution in [0.15, 0.2) is 28.8 Å². The first-order valence-electron chi connectivity index (χ1n) is 8.79. The van der Waals surface area contributed by atoms with E-state index in [-0.39, 0.29) is 17.9 Å². The third kappa shape index (κ3) is 4.04. The van der Waals surface area contributed by atoms with Crippen LogP contribution in [0.3, 0.4) is 0 Å². The molecule has 2 aromatic rings. The van der Waals surface area contributed by atoms with Crippen molar-refractivity contribution in [1.82, 2.24) is 15.4 Å². The van der Waals surface area contributed by atoms with Crippen LogP contribution < -0.4 is 5.32 Å². The lowest BCUT2D eigenvalue weighted by Crippen LogP contribution is -2.49. The number of aromatic nitrogens is 1. The number of halogens is 1. The standard InChI is InChI=1S/C19H24FN3O3/c1-12(10-16-13(2)22-26-14(16)3)21-19(24)23-8-9-25-18(11-23)15-6-4-5-7-17(15)20/h4-7,12,18H,8-11H2,1-3H3,(H,21,24). The maximum absolute atomic E-state index is 14.0. The van der Waals surface area contributed by atoms with Crippen LogP contribution in [0, 0.1) is 19.7 Å². The molecule has 140 valence electrons. The van der Waals surface area contributed by atoms with Crippen LogP contribution in [0.5, 0.6) is 0 Å². The minimum atomic E-state index is -0.450. The zero-order valence-corrected chi connectivity index (χ0v) is 15.3. The van der Waals surface area contributed by atoms with Crippen LogP contribution in [0.1, 0.15) is 35.6 Å². The molecular formula is C19H24FN3O3. The number of carbonyl (C=O) groups is 1. The Bertz CT molecular complexity index is 758. The first-order valence-corrected chi connectivity index (χ1v) is 8.79. The van der Waals surface area contributed by atoms with Crippen LogP contribution >= 0.6 is 0 Å². The highest BCUT2D eigenvalue weighted by atomic mass is 19.1. The van der Waals surface area contributed by atoms with Gasteiger partial charge < -0.3 is 19.5 Å². The number of nitrogens with zero attached hydrogens (tertiary/aromatic N) is 2. The average molecular weight is 361 g/mol. The fourth-order valence-electron chi connectivity index (χ4n) is 3.21. The van der Waals surface area contributed by atoms with Crippen molar-refractivity contribution in [2.45, 2.75) is 39.3 Å². The number of urea groups is 1. The number of morpholine rings is 1. The van der Waals surface area contributed by atoms with E-state index in [1.54, 1.807) is 23.1 Å². The molecule has 3 rings (SSSR count). The molecule has 2 atom stereocenters. The predicted octanol–water partition coefficient (Wildman–Crippen LogP) is 3.14. The van der Waals surface area contributed by atoms with Gasteiger partial charge >= 0.3 is 6.03 Å². The number of ether oxygens (including phenoxy) is 1. The Hall–Kier alpha value is -2.41. The summed E-state index contributed by atoms with van der Waals surface area (Å²) in [5.41, 5.74) is 2.34. The van der Waals surface area contributed by atoms with E-state index < -0.39 is 6.10 Å². The van der Waals surface area contributed by atoms with E-state index in [4.69, 9.17) is 9.26 Å². The Morgan fingerprint density at radius 2 is 2.19 bits per heavy atom. The van der Waals surface area contributed by atoms with Gasteiger partial charge in [-0.3, -0.25) is 0 Å². The fraction of sp³-hybridized carbons (Fsp3) is 0.474. The first-order chi connectivity index (χ1) is 12.5. The molecular weight excluding hydrogens is 337 g/mol. The van der Waals surface area contributed by atoms with Gasteiger partial charge in [-0.1, -0.05) is 23.4 Å². The highest BCUT2D eigenvalue weighted by Crippen LogP contribution is 2.24. The molecule has 2 unspecified atom stereocenters. The minimum Gasteiger partial charge on any atom is -0.370 e. The number of rotatable bonds is 4. The number of nitrogens with one attached hydrogen (secondary N) is 1. The summed E-state index contributed by atoms with van der Waals surface area (Å²) >= 11 is 0. The van der Waals surface area contributed by atoms with Gasteiger partial charge in [0, 0.05) is 23.7 Å². The van der Waals surface area contributed by atoms with Crippen molar-refractivity contribution in [3.8, 4) is 0 Å². The third-order valence-corrected chi connectivity index (χ3v) is 4.67. The van der Waals surface area contributed by atoms with Gasteiger partial charge in [-0.2, -0.15) is 0 Å². The summed E-state index contributed by atoms with van der Waals surface area (Å²) in [6.45, 7) is 6.88. The largest absolute Gasteiger partial charge is 0.370 e. The fourth-order valence-corrected chi connectivity index (χ4v) is 3.21. The maximum atomic E-state index is 14.0. The lowest BCUT2D eigenvalue weighted by molar-refractivity contribution is -0.0174. The Balaban J connectivity index is 1.60. The van der Waals surface area contributed by atoms with Crippen molar-refractivity contribution in [3.05, 3.63) is 52.7 Å². The van der Waals surface area contributed by atoms with Crippen molar-refractivity contribution in [3.63, 3.8) is 0 Å². The van der Waals surface area contributed by atoms with Gasteiger partial charge in [0.2, 0.25) is 0 Å². The molecule has 0 spiro atoms. The number of aryl methyl sites for hydroxylation is 2. The molecule has 1 aromatic carbocycles. The maximum Gasteiger partial charge on any atom is 0.317 e. The molecule has 1 fully saturated rings. The van der Waals surface area contributed by atoms with Crippen molar-refractivity contribution < 1.29 is 18.4 Å². The molecule has 7 heteroatoms. The Morgan fingerprint density at radius 1 is 1.42 bits per heavy atom. The molecule has 1 aliphatic rings. The molecule has 0 bridgehead atoms. The van der Waals surface area contributed by atoms with Crippen molar-refractivity contribution in [1.29, 1.82) is 0 Å². The smallest absolute Gasteiger partial charge is 0.317 e. The quantitative estimate of drug-likeness (QED) is 0.908. The molecule has 0 radical (unpaired) electrons. The molecule has 1 aliphatic heterocycles. The molecule has 1 saturated heterocycles. The average Bonchev–Trinajstić information content (AvgIpc) is 2.94. The second-order valence-corrected chi connectivity index (χ2v) is 6.68. The van der Waals surface area contributed by atoms with Crippen LogP contribution in [-0.4, -0.2) is 41.8 Å². The number of hydrogen-bond acceptors (Lipinski definition) is 4. The summed E-state index contributed by atoms with van der Waals surface area (Å²) in [6.07, 6.45) is 0.196. The predicted molar refractivity (Wildman–Crippen MR) is 94.3 cm³/mol. The van der Waals surface area contributed by atoms with Crippen LogP contribution in [0.4, 0.5) is 9.18 Å². The van der Waals surface area contributed by atoms with E-state index in [9.17, 15) is 9.18 Å². The van der Waals surface area contributed by atoms with Gasteiger partial charge in [0.1, 0.15) is 17.7 Å². The molecule has 0 saturated carbocycles. The topological polar surface area (TPSA) is 67.6 Å². The monoisotopic (exact) mass is 361 g/mol. The van der Waals surface area contributed by atoms with E-state index >= 15 is 0 Å². The third-order valence-electron chi connectivity index (χ3n) is 4.67. The van der Waals surface area contributed by atoms with E-state index in [2.05, 4.69) is 10.5 Å². The van der Waals surface area contributed by atoms with Crippen molar-refractivity contribution in [2.75, 3.05) is 19.7 Å². The highest BCUT2D eigenvalue weighted by Gasteiger charge is 2.28. The van der Waals surface area contributed by atoms with E-state index in [0.29, 0.717) is 31.7 Å². The zero-order chi connectivity index (χ0) is 18.7. The SMILES string of the molecule is Cc1noc(C)c1CC(C)NC(=O)N1CCOC(c2ccccc2F)C1. The van der Waals surface area contributed by atoms with E-state index in [0.717, 1.165) is 17.0 Å². The van der Waals surface area contributed by atoms with Gasteiger partial charge in [-0.05, 0) is 33.3 Å². The summed E-state index contributed by atoms with van der Waals surface area (Å²) in [5, 5.41) is 6.94. The molecule has 1 N–H and O–H groups in total. The molecule has 26 heavy (non-hydrogen) atoms. The number of amides is 2. The second-order valence-electron chi connectivity index (χ2n) is 6.68. The van der Waals surface area contributed by atoms with Crippen LogP contribution in [0.25, 0.3) is 0 Å². The normalized spacial score (nSPS) is 18.6. The van der Waals surface area contributed by atoms with Crippen LogP contribution in [-0.2, 0) is 11.2 Å². The van der Waals surface area contributed by atoms with E-state index in [1.165, 1.54) is 6.07 Å².